The van der Waals surface area contributed by atoms with E-state index in [2.05, 4.69) is 9.71 Å². The second-order valence-corrected chi connectivity index (χ2v) is 5.93. The minimum Gasteiger partial charge on any atom is -0.383 e. The van der Waals surface area contributed by atoms with Gasteiger partial charge in [-0.15, -0.1) is 0 Å². The van der Waals surface area contributed by atoms with Gasteiger partial charge in [0, 0.05) is 17.8 Å². The summed E-state index contributed by atoms with van der Waals surface area (Å²) in [6, 6.07) is 8.08. The van der Waals surface area contributed by atoms with Crippen LogP contribution in [-0.2, 0) is 10.0 Å². The summed E-state index contributed by atoms with van der Waals surface area (Å²) in [5.74, 6) is -0.567. The molecule has 0 bridgehead atoms. The van der Waals surface area contributed by atoms with Crippen molar-refractivity contribution in [2.24, 2.45) is 0 Å². The minimum absolute atomic E-state index is 0.0965. The van der Waals surface area contributed by atoms with Crippen molar-refractivity contribution in [1.82, 2.24) is 9.71 Å². The Balaban J connectivity index is 2.30. The number of anilines is 1. The van der Waals surface area contributed by atoms with Crippen LogP contribution >= 0.6 is 0 Å². The first-order valence-corrected chi connectivity index (χ1v) is 7.37. The Labute approximate surface area is 116 Å². The molecule has 0 aliphatic heterocycles. The molecule has 0 aliphatic carbocycles. The second-order valence-electron chi connectivity index (χ2n) is 4.25. The number of hydrogen-bond donors (Lipinski definition) is 2. The summed E-state index contributed by atoms with van der Waals surface area (Å²) in [5, 5.41) is 0. The normalized spacial score (nSPS) is 13.1. The van der Waals surface area contributed by atoms with Crippen LogP contribution in [0, 0.1) is 5.82 Å². The Morgan fingerprint density at radius 3 is 2.60 bits per heavy atom. The fraction of sp³-hybridized carbons (Fsp3) is 0.154. The molecule has 0 amide bonds. The predicted molar refractivity (Wildman–Crippen MR) is 73.8 cm³/mol. The van der Waals surface area contributed by atoms with Gasteiger partial charge in [0.15, 0.2) is 0 Å². The van der Waals surface area contributed by atoms with Gasteiger partial charge in [0.25, 0.3) is 0 Å². The van der Waals surface area contributed by atoms with E-state index in [1.807, 2.05) is 0 Å². The average molecular weight is 295 g/mol. The maximum absolute atomic E-state index is 13.6. The molecule has 2 rings (SSSR count). The zero-order chi connectivity index (χ0) is 14.8. The standard InChI is InChI=1S/C13H14FN3O2S/c1-9(10-5-2-3-6-11(10)14)17-20(18,19)12-7-4-8-16-13(12)15/h2-9,17H,1H3,(H2,15,16). The molecule has 2 aromatic rings. The molecule has 20 heavy (non-hydrogen) atoms. The third-order valence-electron chi connectivity index (χ3n) is 2.79. The van der Waals surface area contributed by atoms with Crippen LogP contribution in [0.1, 0.15) is 18.5 Å². The van der Waals surface area contributed by atoms with Crippen molar-refractivity contribution in [1.29, 1.82) is 0 Å². The molecule has 0 fully saturated rings. The highest BCUT2D eigenvalue weighted by Gasteiger charge is 2.22. The largest absolute Gasteiger partial charge is 0.383 e. The molecule has 1 heterocycles. The maximum atomic E-state index is 13.6. The molecule has 5 nitrogen and oxygen atoms in total. The lowest BCUT2D eigenvalue weighted by Crippen LogP contribution is -2.28. The number of nitrogens with two attached hydrogens (primary N) is 1. The molecule has 0 radical (unpaired) electrons. The van der Waals surface area contributed by atoms with Gasteiger partial charge < -0.3 is 5.73 Å². The van der Waals surface area contributed by atoms with Crippen LogP contribution in [-0.4, -0.2) is 13.4 Å². The zero-order valence-corrected chi connectivity index (χ0v) is 11.6. The van der Waals surface area contributed by atoms with Gasteiger partial charge >= 0.3 is 0 Å². The predicted octanol–water partition coefficient (Wildman–Crippen LogP) is 1.84. The Morgan fingerprint density at radius 1 is 1.25 bits per heavy atom. The van der Waals surface area contributed by atoms with Gasteiger partial charge in [-0.05, 0) is 25.1 Å². The van der Waals surface area contributed by atoms with Gasteiger partial charge in [-0.2, -0.15) is 0 Å². The quantitative estimate of drug-likeness (QED) is 0.901. The molecule has 1 aromatic heterocycles. The van der Waals surface area contributed by atoms with E-state index in [0.29, 0.717) is 0 Å². The number of pyridine rings is 1. The fourth-order valence-electron chi connectivity index (χ4n) is 1.82. The van der Waals surface area contributed by atoms with Crippen LogP contribution in [0.15, 0.2) is 47.5 Å². The third kappa shape index (κ3) is 2.94. The zero-order valence-electron chi connectivity index (χ0n) is 10.7. The topological polar surface area (TPSA) is 85.1 Å². The van der Waals surface area contributed by atoms with E-state index in [1.54, 1.807) is 19.1 Å². The average Bonchev–Trinajstić information content (AvgIpc) is 2.38. The van der Waals surface area contributed by atoms with E-state index in [9.17, 15) is 12.8 Å². The van der Waals surface area contributed by atoms with Gasteiger partial charge in [0.2, 0.25) is 10.0 Å². The van der Waals surface area contributed by atoms with E-state index in [1.165, 1.54) is 30.5 Å². The van der Waals surface area contributed by atoms with Crippen LogP contribution in [0.4, 0.5) is 10.2 Å². The van der Waals surface area contributed by atoms with E-state index in [0.717, 1.165) is 0 Å². The fourth-order valence-corrected chi connectivity index (χ4v) is 3.12. The van der Waals surface area contributed by atoms with Crippen molar-refractivity contribution in [3.8, 4) is 0 Å². The number of rotatable bonds is 4. The Bertz CT molecular complexity index is 719. The second kappa shape index (κ2) is 5.56. The molecule has 0 saturated carbocycles. The number of nitrogens with one attached hydrogen (secondary N) is 1. The Hall–Kier alpha value is -1.99. The van der Waals surface area contributed by atoms with E-state index >= 15 is 0 Å². The van der Waals surface area contributed by atoms with Crippen LogP contribution < -0.4 is 10.5 Å². The molecule has 106 valence electrons. The van der Waals surface area contributed by atoms with Gasteiger partial charge in [-0.3, -0.25) is 0 Å². The maximum Gasteiger partial charge on any atom is 0.244 e. The first kappa shape index (κ1) is 14.4. The highest BCUT2D eigenvalue weighted by Crippen LogP contribution is 2.21. The van der Waals surface area contributed by atoms with Crippen molar-refractivity contribution >= 4 is 15.8 Å². The van der Waals surface area contributed by atoms with Crippen molar-refractivity contribution in [3.05, 3.63) is 54.0 Å². The van der Waals surface area contributed by atoms with Gasteiger partial charge in [-0.1, -0.05) is 18.2 Å². The van der Waals surface area contributed by atoms with Crippen LogP contribution in [0.5, 0.6) is 0 Å². The highest BCUT2D eigenvalue weighted by atomic mass is 32.2. The van der Waals surface area contributed by atoms with Crippen molar-refractivity contribution < 1.29 is 12.8 Å². The van der Waals surface area contributed by atoms with E-state index < -0.39 is 21.9 Å². The molecular weight excluding hydrogens is 281 g/mol. The van der Waals surface area contributed by atoms with Crippen LogP contribution in [0.25, 0.3) is 0 Å². The molecule has 0 saturated heterocycles. The SMILES string of the molecule is CC(NS(=O)(=O)c1cccnc1N)c1ccccc1F. The summed E-state index contributed by atoms with van der Waals surface area (Å²) in [6.45, 7) is 1.56. The number of aromatic nitrogens is 1. The van der Waals surface area contributed by atoms with Gasteiger partial charge in [-0.25, -0.2) is 22.5 Å². The molecule has 7 heteroatoms. The highest BCUT2D eigenvalue weighted by molar-refractivity contribution is 7.89. The summed E-state index contributed by atoms with van der Waals surface area (Å²) >= 11 is 0. The number of nitrogens with zero attached hydrogens (tertiary/aromatic N) is 1. The summed E-state index contributed by atoms with van der Waals surface area (Å²) < 4.78 is 40.4. The Kier molecular flexibility index (Phi) is 4.01. The number of halogens is 1. The smallest absolute Gasteiger partial charge is 0.244 e. The molecule has 1 aromatic carbocycles. The van der Waals surface area contributed by atoms with E-state index in [-0.39, 0.29) is 16.3 Å². The van der Waals surface area contributed by atoms with Gasteiger partial charge in [0.05, 0.1) is 0 Å². The molecule has 1 atom stereocenters. The van der Waals surface area contributed by atoms with Crippen LogP contribution in [0.2, 0.25) is 0 Å². The monoisotopic (exact) mass is 295 g/mol. The number of sulfonamides is 1. The lowest BCUT2D eigenvalue weighted by molar-refractivity contribution is 0.550. The molecule has 0 aliphatic rings. The number of hydrogen-bond acceptors (Lipinski definition) is 4. The molecule has 1 unspecified atom stereocenters. The first-order chi connectivity index (χ1) is 9.42. The number of benzene rings is 1. The summed E-state index contributed by atoms with van der Waals surface area (Å²) in [6.07, 6.45) is 1.40. The van der Waals surface area contributed by atoms with Crippen molar-refractivity contribution in [2.45, 2.75) is 17.9 Å². The van der Waals surface area contributed by atoms with Gasteiger partial charge in [0.1, 0.15) is 16.5 Å². The lowest BCUT2D eigenvalue weighted by atomic mass is 10.1. The van der Waals surface area contributed by atoms with Crippen molar-refractivity contribution in [2.75, 3.05) is 5.73 Å². The van der Waals surface area contributed by atoms with Crippen molar-refractivity contribution in [3.63, 3.8) is 0 Å². The first-order valence-electron chi connectivity index (χ1n) is 5.89. The molecular formula is C13H14FN3O2S. The van der Waals surface area contributed by atoms with E-state index in [4.69, 9.17) is 5.73 Å². The van der Waals surface area contributed by atoms with Crippen LogP contribution in [0.3, 0.4) is 0 Å². The summed E-state index contributed by atoms with van der Waals surface area (Å²) in [5.41, 5.74) is 5.81. The molecule has 0 spiro atoms. The molecule has 3 N–H and O–H groups in total. The summed E-state index contributed by atoms with van der Waals surface area (Å²) in [4.78, 5) is 3.61. The third-order valence-corrected chi connectivity index (χ3v) is 4.38. The Morgan fingerprint density at radius 2 is 1.95 bits per heavy atom. The lowest BCUT2D eigenvalue weighted by Gasteiger charge is -2.15. The minimum atomic E-state index is -3.86. The summed E-state index contributed by atoms with van der Waals surface area (Å²) in [7, 11) is -3.86. The number of nitrogen functional groups attached to an aromatic ring is 1.